The number of esters is 1. The van der Waals surface area contributed by atoms with E-state index in [9.17, 15) is 9.59 Å². The first-order valence-corrected chi connectivity index (χ1v) is 8.29. The Balaban J connectivity index is 1.75. The average molecular weight is 339 g/mol. The summed E-state index contributed by atoms with van der Waals surface area (Å²) in [7, 11) is 0. The van der Waals surface area contributed by atoms with Crippen LogP contribution in [0.1, 0.15) is 44.8 Å². The minimum atomic E-state index is -0.619. The zero-order valence-corrected chi connectivity index (χ0v) is 14.9. The van der Waals surface area contributed by atoms with E-state index in [1.807, 2.05) is 45.0 Å². The number of ketones is 1. The van der Waals surface area contributed by atoms with Gasteiger partial charge in [0.05, 0.1) is 0 Å². The number of rotatable bonds is 5. The molecular formula is C20H21NO4. The molecule has 130 valence electrons. The van der Waals surface area contributed by atoms with Gasteiger partial charge in [-0.25, -0.2) is 4.79 Å². The molecule has 0 atom stereocenters. The van der Waals surface area contributed by atoms with E-state index in [2.05, 4.69) is 4.57 Å². The third-order valence-corrected chi connectivity index (χ3v) is 4.55. The van der Waals surface area contributed by atoms with Crippen molar-refractivity contribution in [3.05, 3.63) is 58.6 Å². The van der Waals surface area contributed by atoms with Gasteiger partial charge in [-0.2, -0.15) is 0 Å². The molecule has 3 rings (SSSR count). The van der Waals surface area contributed by atoms with Gasteiger partial charge in [-0.05, 0) is 39.8 Å². The summed E-state index contributed by atoms with van der Waals surface area (Å²) >= 11 is 0. The van der Waals surface area contributed by atoms with Crippen LogP contribution in [0, 0.1) is 20.8 Å². The van der Waals surface area contributed by atoms with Crippen LogP contribution in [0.4, 0.5) is 0 Å². The predicted molar refractivity (Wildman–Crippen MR) is 95.1 cm³/mol. The van der Waals surface area contributed by atoms with E-state index in [1.54, 1.807) is 13.0 Å². The lowest BCUT2D eigenvalue weighted by atomic mass is 10.1. The third kappa shape index (κ3) is 2.97. The van der Waals surface area contributed by atoms with Crippen molar-refractivity contribution in [2.45, 2.75) is 34.2 Å². The first-order chi connectivity index (χ1) is 11.9. The van der Waals surface area contributed by atoms with Gasteiger partial charge in [0.1, 0.15) is 5.58 Å². The number of fused-ring (bicyclic) bond motifs is 1. The van der Waals surface area contributed by atoms with Gasteiger partial charge in [-0.1, -0.05) is 18.2 Å². The second-order valence-corrected chi connectivity index (χ2v) is 6.08. The summed E-state index contributed by atoms with van der Waals surface area (Å²) in [4.78, 5) is 24.7. The molecule has 0 saturated carbocycles. The van der Waals surface area contributed by atoms with Crippen molar-refractivity contribution in [1.82, 2.24) is 4.57 Å². The van der Waals surface area contributed by atoms with Crippen LogP contribution in [0.5, 0.6) is 0 Å². The van der Waals surface area contributed by atoms with Crippen molar-refractivity contribution in [2.75, 3.05) is 6.61 Å². The van der Waals surface area contributed by atoms with Gasteiger partial charge in [0, 0.05) is 34.4 Å². The smallest absolute Gasteiger partial charge is 0.375 e. The van der Waals surface area contributed by atoms with Crippen LogP contribution in [0.2, 0.25) is 0 Å². The molecule has 0 unspecified atom stereocenters. The van der Waals surface area contributed by atoms with E-state index in [-0.39, 0.29) is 18.2 Å². The highest BCUT2D eigenvalue weighted by Gasteiger charge is 2.21. The Bertz CT molecular complexity index is 962. The standard InChI is InChI=1S/C20H21NO4/c1-5-21-12(2)10-16(14(21)4)17(22)11-24-20(23)19-13(3)15-8-6-7-9-18(15)25-19/h6-10H,5,11H2,1-4H3. The van der Waals surface area contributed by atoms with E-state index in [0.717, 1.165) is 28.9 Å². The van der Waals surface area contributed by atoms with Gasteiger partial charge in [-0.3, -0.25) is 4.79 Å². The zero-order valence-electron chi connectivity index (χ0n) is 14.9. The highest BCUT2D eigenvalue weighted by molar-refractivity contribution is 6.01. The number of furan rings is 1. The highest BCUT2D eigenvalue weighted by atomic mass is 16.5. The number of ether oxygens (including phenoxy) is 1. The largest absolute Gasteiger partial charge is 0.451 e. The SMILES string of the molecule is CCn1c(C)cc(C(=O)COC(=O)c2oc3ccccc3c2C)c1C. The molecule has 2 heterocycles. The Morgan fingerprint density at radius 2 is 1.88 bits per heavy atom. The number of hydrogen-bond donors (Lipinski definition) is 0. The summed E-state index contributed by atoms with van der Waals surface area (Å²) in [5, 5.41) is 0.868. The van der Waals surface area contributed by atoms with Gasteiger partial charge in [0.25, 0.3) is 0 Å². The summed E-state index contributed by atoms with van der Waals surface area (Å²) in [6, 6.07) is 9.24. The lowest BCUT2D eigenvalue weighted by Gasteiger charge is -2.06. The number of benzene rings is 1. The van der Waals surface area contributed by atoms with Crippen molar-refractivity contribution >= 4 is 22.7 Å². The van der Waals surface area contributed by atoms with Gasteiger partial charge in [-0.15, -0.1) is 0 Å². The molecule has 0 radical (unpaired) electrons. The lowest BCUT2D eigenvalue weighted by molar-refractivity contribution is 0.0445. The molecular weight excluding hydrogens is 318 g/mol. The summed E-state index contributed by atoms with van der Waals surface area (Å²) in [5.41, 5.74) is 3.85. The molecule has 2 aromatic heterocycles. The van der Waals surface area contributed by atoms with E-state index in [0.29, 0.717) is 11.1 Å². The maximum atomic E-state index is 12.4. The molecule has 0 aliphatic heterocycles. The number of para-hydroxylation sites is 1. The predicted octanol–water partition coefficient (Wildman–Crippen LogP) is 4.22. The number of aromatic nitrogens is 1. The van der Waals surface area contributed by atoms with Crippen LogP contribution in [-0.4, -0.2) is 22.9 Å². The first kappa shape index (κ1) is 17.0. The molecule has 5 heteroatoms. The molecule has 0 aliphatic rings. The first-order valence-electron chi connectivity index (χ1n) is 8.29. The normalized spacial score (nSPS) is 11.0. The van der Waals surface area contributed by atoms with Crippen LogP contribution in [0.25, 0.3) is 11.0 Å². The van der Waals surface area contributed by atoms with Crippen LogP contribution < -0.4 is 0 Å². The maximum Gasteiger partial charge on any atom is 0.375 e. The Kier molecular flexibility index (Phi) is 4.49. The summed E-state index contributed by atoms with van der Waals surface area (Å²) in [6.07, 6.45) is 0. The van der Waals surface area contributed by atoms with Crippen LogP contribution >= 0.6 is 0 Å². The Morgan fingerprint density at radius 1 is 1.16 bits per heavy atom. The Morgan fingerprint density at radius 3 is 2.52 bits per heavy atom. The summed E-state index contributed by atoms with van der Waals surface area (Å²) in [5.74, 6) is -0.686. The summed E-state index contributed by atoms with van der Waals surface area (Å²) in [6.45, 7) is 8.18. The highest BCUT2D eigenvalue weighted by Crippen LogP contribution is 2.25. The fourth-order valence-electron chi connectivity index (χ4n) is 3.21. The van der Waals surface area contributed by atoms with E-state index < -0.39 is 5.97 Å². The topological polar surface area (TPSA) is 61.4 Å². The van der Waals surface area contributed by atoms with Gasteiger partial charge >= 0.3 is 5.97 Å². The number of carbonyl (C=O) groups excluding carboxylic acids is 2. The molecule has 0 saturated heterocycles. The Labute approximate surface area is 146 Å². The zero-order chi connectivity index (χ0) is 18.1. The monoisotopic (exact) mass is 339 g/mol. The van der Waals surface area contributed by atoms with E-state index in [4.69, 9.17) is 9.15 Å². The average Bonchev–Trinajstić information content (AvgIpc) is 3.09. The van der Waals surface area contributed by atoms with Crippen molar-refractivity contribution in [3.8, 4) is 0 Å². The maximum absolute atomic E-state index is 12.4. The number of carbonyl (C=O) groups is 2. The number of nitrogens with zero attached hydrogens (tertiary/aromatic N) is 1. The second-order valence-electron chi connectivity index (χ2n) is 6.08. The van der Waals surface area contributed by atoms with Gasteiger partial charge < -0.3 is 13.7 Å². The molecule has 5 nitrogen and oxygen atoms in total. The van der Waals surface area contributed by atoms with Gasteiger partial charge in [0.2, 0.25) is 11.5 Å². The number of Topliss-reactive ketones (excluding diaryl/α,β-unsaturated/α-hetero) is 1. The van der Waals surface area contributed by atoms with E-state index >= 15 is 0 Å². The minimum absolute atomic E-state index is 0.146. The molecule has 0 aliphatic carbocycles. The molecule has 0 fully saturated rings. The molecule has 0 amide bonds. The lowest BCUT2D eigenvalue weighted by Crippen LogP contribution is -2.15. The molecule has 3 aromatic rings. The van der Waals surface area contributed by atoms with Crippen molar-refractivity contribution in [2.24, 2.45) is 0 Å². The van der Waals surface area contributed by atoms with Crippen LogP contribution in [0.3, 0.4) is 0 Å². The van der Waals surface area contributed by atoms with Gasteiger partial charge in [0.15, 0.2) is 6.61 Å². The van der Waals surface area contributed by atoms with Crippen molar-refractivity contribution < 1.29 is 18.7 Å². The number of hydrogen-bond acceptors (Lipinski definition) is 4. The molecule has 1 aromatic carbocycles. The fourth-order valence-corrected chi connectivity index (χ4v) is 3.21. The summed E-state index contributed by atoms with van der Waals surface area (Å²) < 4.78 is 12.8. The Hall–Kier alpha value is -2.82. The van der Waals surface area contributed by atoms with Crippen molar-refractivity contribution in [1.29, 1.82) is 0 Å². The molecule has 0 bridgehead atoms. The quantitative estimate of drug-likeness (QED) is 0.516. The second kappa shape index (κ2) is 6.59. The van der Waals surface area contributed by atoms with Crippen LogP contribution in [-0.2, 0) is 11.3 Å². The van der Waals surface area contributed by atoms with Crippen molar-refractivity contribution in [3.63, 3.8) is 0 Å². The third-order valence-electron chi connectivity index (χ3n) is 4.55. The van der Waals surface area contributed by atoms with Crippen LogP contribution in [0.15, 0.2) is 34.7 Å². The number of aryl methyl sites for hydroxylation is 2. The van der Waals surface area contributed by atoms with E-state index in [1.165, 1.54) is 0 Å². The molecule has 0 N–H and O–H groups in total. The molecule has 25 heavy (non-hydrogen) atoms. The fraction of sp³-hybridized carbons (Fsp3) is 0.300. The molecule has 0 spiro atoms. The minimum Gasteiger partial charge on any atom is -0.451 e.